The maximum absolute atomic E-state index is 10.6. The van der Waals surface area contributed by atoms with E-state index in [-0.39, 0.29) is 0 Å². The van der Waals surface area contributed by atoms with Crippen LogP contribution in [0, 0.1) is 15.3 Å². The molecule has 0 aliphatic heterocycles. The van der Waals surface area contributed by atoms with Crippen LogP contribution >= 0.6 is 23.2 Å². The van der Waals surface area contributed by atoms with Gasteiger partial charge in [-0.1, -0.05) is 0 Å². The second-order valence-corrected chi connectivity index (χ2v) is 4.73. The van der Waals surface area contributed by atoms with Crippen LogP contribution in [0.25, 0.3) is 0 Å². The fourth-order valence-corrected chi connectivity index (χ4v) is 0.806. The van der Waals surface area contributed by atoms with Crippen molar-refractivity contribution in [1.29, 1.82) is 0 Å². The van der Waals surface area contributed by atoms with Gasteiger partial charge in [-0.2, -0.15) is 8.42 Å². The summed E-state index contributed by atoms with van der Waals surface area (Å²) in [6, 6.07) is 0. The molecule has 0 aliphatic rings. The maximum atomic E-state index is 10.6. The zero-order valence-electron chi connectivity index (χ0n) is 6.05. The molecule has 8 nitrogen and oxygen atoms in total. The van der Waals surface area contributed by atoms with Gasteiger partial charge in [0, 0.05) is 4.86 Å². The van der Waals surface area contributed by atoms with E-state index in [9.17, 15) is 23.7 Å². The molecule has 0 radical (unpaired) electrons. The Labute approximate surface area is 82.5 Å². The molecule has 0 aliphatic carbocycles. The minimum atomic E-state index is -4.07. The standard InChI is InChI=1S/C2H3Cl2N3O5S/c1-13(11,12)5-6(8)2(3,4)7(9)10/h1H3. The Morgan fingerprint density at radius 1 is 1.38 bits per heavy atom. The van der Waals surface area contributed by atoms with Crippen LogP contribution < -0.4 is 0 Å². The van der Waals surface area contributed by atoms with Gasteiger partial charge < -0.3 is 5.21 Å². The van der Waals surface area contributed by atoms with Crippen molar-refractivity contribution in [2.75, 3.05) is 6.26 Å². The van der Waals surface area contributed by atoms with Gasteiger partial charge >= 0.3 is 14.6 Å². The number of alkyl halides is 2. The molecular weight excluding hydrogens is 249 g/mol. The first kappa shape index (κ1) is 12.3. The lowest BCUT2D eigenvalue weighted by Gasteiger charge is -2.05. The molecule has 0 saturated carbocycles. The minimum absolute atomic E-state index is 0.557. The molecule has 0 N–H and O–H groups in total. The summed E-state index contributed by atoms with van der Waals surface area (Å²) in [6.45, 7) is 0. The Hall–Kier alpha value is -0.670. The molecule has 0 rings (SSSR count). The molecule has 0 fully saturated rings. The van der Waals surface area contributed by atoms with Crippen molar-refractivity contribution in [3.05, 3.63) is 15.3 Å². The second kappa shape index (κ2) is 3.60. The van der Waals surface area contributed by atoms with Crippen LogP contribution in [0.3, 0.4) is 0 Å². The van der Waals surface area contributed by atoms with Crippen LogP contribution in [0.15, 0.2) is 4.52 Å². The molecule has 13 heavy (non-hydrogen) atoms. The van der Waals surface area contributed by atoms with Gasteiger partial charge in [0.2, 0.25) is 0 Å². The van der Waals surface area contributed by atoms with Crippen molar-refractivity contribution in [3.8, 4) is 0 Å². The van der Waals surface area contributed by atoms with Gasteiger partial charge in [-0.15, -0.1) is 0 Å². The smallest absolute Gasteiger partial charge is 0.591 e. The van der Waals surface area contributed by atoms with Crippen molar-refractivity contribution in [3.63, 3.8) is 0 Å². The van der Waals surface area contributed by atoms with E-state index in [1.165, 1.54) is 0 Å². The largest absolute Gasteiger partial charge is 0.602 e. The van der Waals surface area contributed by atoms with Crippen molar-refractivity contribution in [2.24, 2.45) is 4.52 Å². The Morgan fingerprint density at radius 3 is 2.00 bits per heavy atom. The highest BCUT2D eigenvalue weighted by Gasteiger charge is 2.51. The lowest BCUT2D eigenvalue weighted by Crippen LogP contribution is -2.35. The monoisotopic (exact) mass is 251 g/mol. The number of hydroxylamine groups is 1. The van der Waals surface area contributed by atoms with Crippen molar-refractivity contribution < 1.29 is 18.2 Å². The third-order valence-corrected chi connectivity index (χ3v) is 1.68. The predicted molar refractivity (Wildman–Crippen MR) is 42.3 cm³/mol. The first-order valence-corrected chi connectivity index (χ1v) is 5.10. The summed E-state index contributed by atoms with van der Waals surface area (Å²) >= 11 is 9.70. The van der Waals surface area contributed by atoms with Gasteiger partial charge in [0.1, 0.15) is 9.44 Å². The van der Waals surface area contributed by atoms with Gasteiger partial charge in [-0.05, 0) is 0 Å². The zero-order valence-corrected chi connectivity index (χ0v) is 8.38. The van der Waals surface area contributed by atoms with Gasteiger partial charge in [0.25, 0.3) is 0 Å². The highest BCUT2D eigenvalue weighted by Crippen LogP contribution is 2.22. The summed E-state index contributed by atoms with van der Waals surface area (Å²) in [5.74, 6) is 0. The van der Waals surface area contributed by atoms with Crippen molar-refractivity contribution >= 4 is 33.2 Å². The van der Waals surface area contributed by atoms with Crippen molar-refractivity contribution in [1.82, 2.24) is 0 Å². The zero-order chi connectivity index (χ0) is 10.9. The summed E-state index contributed by atoms with van der Waals surface area (Å²) in [4.78, 5) is 7.69. The lowest BCUT2D eigenvalue weighted by molar-refractivity contribution is -0.753. The summed E-state index contributed by atoms with van der Waals surface area (Å²) in [5, 5.41) is 20.6. The molecule has 0 unspecified atom stereocenters. The van der Waals surface area contributed by atoms with E-state index in [2.05, 4.69) is 4.52 Å². The molecule has 0 atom stereocenters. The Kier molecular flexibility index (Phi) is 3.41. The van der Waals surface area contributed by atoms with E-state index in [0.717, 1.165) is 0 Å². The topological polar surface area (TPSA) is 116 Å². The molecule has 0 saturated heterocycles. The second-order valence-electron chi connectivity index (χ2n) is 1.85. The fourth-order valence-electron chi connectivity index (χ4n) is 0.254. The molecular formula is C2H3Cl2N3O5S. The molecule has 0 heterocycles. The first-order chi connectivity index (χ1) is 5.57. The highest BCUT2D eigenvalue weighted by atomic mass is 35.5. The Morgan fingerprint density at radius 2 is 1.77 bits per heavy atom. The van der Waals surface area contributed by atoms with Gasteiger partial charge in [-0.25, -0.2) is 0 Å². The summed E-state index contributed by atoms with van der Waals surface area (Å²) in [7, 11) is -4.07. The van der Waals surface area contributed by atoms with E-state index in [0.29, 0.717) is 6.26 Å². The third-order valence-electron chi connectivity index (χ3n) is 0.672. The number of halogens is 2. The molecule has 0 aromatic rings. The van der Waals surface area contributed by atoms with Crippen LogP contribution in [0.2, 0.25) is 0 Å². The van der Waals surface area contributed by atoms with Crippen LogP contribution in [0.5, 0.6) is 0 Å². The average molecular weight is 252 g/mol. The van der Waals surface area contributed by atoms with Gasteiger partial charge in [-0.3, -0.25) is 10.1 Å². The first-order valence-electron chi connectivity index (χ1n) is 2.50. The minimum Gasteiger partial charge on any atom is -0.591 e. The van der Waals surface area contributed by atoms with E-state index < -0.39 is 24.4 Å². The number of nitro groups is 1. The summed E-state index contributed by atoms with van der Waals surface area (Å²) in [5.41, 5.74) is 0. The SMILES string of the molecule is CS(=O)(=O)N=[N+]([O-])C(Cl)(Cl)[N+](=O)[O-]. The number of hydrogen-bond acceptors (Lipinski definition) is 5. The number of sulfonamides is 1. The molecule has 76 valence electrons. The van der Waals surface area contributed by atoms with Crippen LogP contribution in [-0.4, -0.2) is 29.0 Å². The van der Waals surface area contributed by atoms with E-state index in [1.807, 2.05) is 0 Å². The van der Waals surface area contributed by atoms with E-state index in [1.54, 1.807) is 0 Å². The van der Waals surface area contributed by atoms with Crippen LogP contribution in [-0.2, 0) is 10.0 Å². The fraction of sp³-hybridized carbons (Fsp3) is 1.00. The molecule has 11 heteroatoms. The molecule has 0 aromatic heterocycles. The van der Waals surface area contributed by atoms with E-state index >= 15 is 0 Å². The molecule has 0 bridgehead atoms. The maximum Gasteiger partial charge on any atom is 0.602 e. The highest BCUT2D eigenvalue weighted by molar-refractivity contribution is 7.89. The quantitative estimate of drug-likeness (QED) is 0.136. The van der Waals surface area contributed by atoms with Crippen LogP contribution in [0.4, 0.5) is 0 Å². The number of hydrogen-bond donors (Lipinski definition) is 0. The van der Waals surface area contributed by atoms with Crippen LogP contribution in [0.1, 0.15) is 0 Å². The normalized spacial score (nSPS) is 14.2. The number of nitrogens with zero attached hydrogens (tertiary/aromatic N) is 3. The summed E-state index contributed by atoms with van der Waals surface area (Å²) in [6.07, 6.45) is 0.557. The third kappa shape index (κ3) is 3.70. The molecule has 0 aromatic carbocycles. The Bertz CT molecular complexity index is 347. The molecule has 0 spiro atoms. The lowest BCUT2D eigenvalue weighted by atomic mass is 11.1. The number of rotatable bonds is 3. The van der Waals surface area contributed by atoms with Crippen molar-refractivity contribution in [2.45, 2.75) is 4.58 Å². The van der Waals surface area contributed by atoms with Gasteiger partial charge in [0.05, 0.1) is 29.5 Å². The molecule has 0 amide bonds. The summed E-state index contributed by atoms with van der Waals surface area (Å²) < 4.78 is 19.9. The average Bonchev–Trinajstić information content (AvgIpc) is 1.82. The van der Waals surface area contributed by atoms with E-state index in [4.69, 9.17) is 23.2 Å². The van der Waals surface area contributed by atoms with Gasteiger partial charge in [0.15, 0.2) is 0 Å². The predicted octanol–water partition coefficient (Wildman–Crippen LogP) is 0.274. The Balaban J connectivity index is 5.12.